The number of methoxy groups -OCH3 is 1. The lowest BCUT2D eigenvalue weighted by atomic mass is 10.1. The first kappa shape index (κ1) is 20.8. The Morgan fingerprint density at radius 1 is 1.04 bits per heavy atom. The summed E-state index contributed by atoms with van der Waals surface area (Å²) in [5, 5.41) is 6.53. The highest BCUT2D eigenvalue weighted by Gasteiger charge is 2.11. The Morgan fingerprint density at radius 2 is 1.82 bits per heavy atom. The first-order chi connectivity index (χ1) is 13.8. The summed E-state index contributed by atoms with van der Waals surface area (Å²) in [6.07, 6.45) is 4.91. The van der Waals surface area contributed by atoms with Gasteiger partial charge in [-0.1, -0.05) is 18.6 Å². The molecule has 3 rings (SSSR count). The van der Waals surface area contributed by atoms with Crippen molar-refractivity contribution in [2.45, 2.75) is 32.2 Å². The van der Waals surface area contributed by atoms with Crippen LogP contribution in [0.2, 0.25) is 0 Å². The summed E-state index contributed by atoms with van der Waals surface area (Å²) in [6.45, 7) is 6.26. The van der Waals surface area contributed by atoms with Crippen molar-refractivity contribution < 1.29 is 9.47 Å². The molecule has 2 aromatic rings. The molecule has 0 bridgehead atoms. The summed E-state index contributed by atoms with van der Waals surface area (Å²) in [5.74, 6) is 2.53. The van der Waals surface area contributed by atoms with Crippen LogP contribution in [-0.2, 0) is 11.3 Å². The molecule has 0 atom stereocenters. The Balaban J connectivity index is 1.35. The Labute approximate surface area is 171 Å². The maximum absolute atomic E-state index is 5.94. The Kier molecular flexibility index (Phi) is 8.80. The topological polar surface area (TPSA) is 71.5 Å². The monoisotopic (exact) mass is 405 g/mol. The molecule has 0 saturated carbocycles. The molecule has 154 valence electrons. The van der Waals surface area contributed by atoms with E-state index in [-0.39, 0.29) is 0 Å². The van der Waals surface area contributed by atoms with Crippen LogP contribution in [0.3, 0.4) is 0 Å². The van der Waals surface area contributed by atoms with Gasteiger partial charge in [0, 0.05) is 26.7 Å². The second-order valence-corrected chi connectivity index (χ2v) is 7.52. The standard InChI is InChI=1S/C20H31N5O2S/c1-26-14-10-22-20-19(23-28-24-20)21-9-6-13-27-18-8-5-7-17(15-18)16-25-11-3-2-4-12-25/h5,7-8,15H,2-4,6,9-14,16H2,1H3,(H,21,23)(H,22,24). The van der Waals surface area contributed by atoms with E-state index in [1.807, 2.05) is 6.07 Å². The van der Waals surface area contributed by atoms with Gasteiger partial charge < -0.3 is 20.1 Å². The maximum atomic E-state index is 5.94. The molecule has 28 heavy (non-hydrogen) atoms. The minimum absolute atomic E-state index is 0.641. The molecule has 0 amide bonds. The number of hydrogen-bond acceptors (Lipinski definition) is 8. The SMILES string of the molecule is COCCNc1nsnc1NCCCOc1cccc(CN2CCCCC2)c1. The minimum Gasteiger partial charge on any atom is -0.494 e. The summed E-state index contributed by atoms with van der Waals surface area (Å²) in [5.41, 5.74) is 1.33. The van der Waals surface area contributed by atoms with E-state index in [4.69, 9.17) is 9.47 Å². The van der Waals surface area contributed by atoms with E-state index in [9.17, 15) is 0 Å². The van der Waals surface area contributed by atoms with Gasteiger partial charge in [-0.3, -0.25) is 4.90 Å². The highest BCUT2D eigenvalue weighted by atomic mass is 32.1. The second-order valence-electron chi connectivity index (χ2n) is 6.99. The number of rotatable bonds is 12. The predicted molar refractivity (Wildman–Crippen MR) is 114 cm³/mol. The third-order valence-corrected chi connectivity index (χ3v) is 5.25. The fourth-order valence-corrected chi connectivity index (χ4v) is 3.78. The third-order valence-electron chi connectivity index (χ3n) is 4.72. The molecule has 1 aromatic carbocycles. The molecule has 1 aliphatic heterocycles. The zero-order valence-electron chi connectivity index (χ0n) is 16.7. The molecule has 0 spiro atoms. The first-order valence-electron chi connectivity index (χ1n) is 10.1. The van der Waals surface area contributed by atoms with E-state index in [2.05, 4.69) is 42.5 Å². The highest BCUT2D eigenvalue weighted by molar-refractivity contribution is 6.99. The van der Waals surface area contributed by atoms with Gasteiger partial charge >= 0.3 is 0 Å². The van der Waals surface area contributed by atoms with E-state index in [0.29, 0.717) is 19.8 Å². The van der Waals surface area contributed by atoms with Gasteiger partial charge in [0.15, 0.2) is 11.6 Å². The van der Waals surface area contributed by atoms with Gasteiger partial charge in [0.05, 0.1) is 24.9 Å². The predicted octanol–water partition coefficient (Wildman–Crippen LogP) is 3.46. The number of hydrogen-bond donors (Lipinski definition) is 2. The van der Waals surface area contributed by atoms with Crippen LogP contribution in [0.1, 0.15) is 31.2 Å². The van der Waals surface area contributed by atoms with Crippen molar-refractivity contribution in [3.05, 3.63) is 29.8 Å². The quantitative estimate of drug-likeness (QED) is 0.524. The number of ether oxygens (including phenoxy) is 2. The normalized spacial score (nSPS) is 14.8. The third kappa shape index (κ3) is 6.92. The summed E-state index contributed by atoms with van der Waals surface area (Å²) in [6, 6.07) is 8.49. The second kappa shape index (κ2) is 11.8. The van der Waals surface area contributed by atoms with Gasteiger partial charge in [0.1, 0.15) is 5.75 Å². The molecule has 2 heterocycles. The number of aromatic nitrogens is 2. The summed E-state index contributed by atoms with van der Waals surface area (Å²) in [7, 11) is 1.68. The molecular weight excluding hydrogens is 374 g/mol. The van der Waals surface area contributed by atoms with E-state index < -0.39 is 0 Å². The van der Waals surface area contributed by atoms with Crippen molar-refractivity contribution in [3.8, 4) is 5.75 Å². The summed E-state index contributed by atoms with van der Waals surface area (Å²) in [4.78, 5) is 2.53. The lowest BCUT2D eigenvalue weighted by Crippen LogP contribution is -2.29. The Bertz CT molecular complexity index is 691. The zero-order valence-corrected chi connectivity index (χ0v) is 17.5. The lowest BCUT2D eigenvalue weighted by molar-refractivity contribution is 0.210. The molecule has 1 aliphatic rings. The van der Waals surface area contributed by atoms with Crippen LogP contribution in [0, 0.1) is 0 Å². The number of nitrogens with one attached hydrogen (secondary N) is 2. The molecule has 0 unspecified atom stereocenters. The van der Waals surface area contributed by atoms with Gasteiger partial charge in [0.2, 0.25) is 0 Å². The van der Waals surface area contributed by atoms with Crippen LogP contribution in [0.4, 0.5) is 11.6 Å². The van der Waals surface area contributed by atoms with Gasteiger partial charge in [-0.2, -0.15) is 8.75 Å². The Hall–Kier alpha value is -1.90. The van der Waals surface area contributed by atoms with Crippen molar-refractivity contribution in [1.82, 2.24) is 13.6 Å². The Morgan fingerprint density at radius 3 is 2.61 bits per heavy atom. The number of likely N-dealkylation sites (tertiary alicyclic amines) is 1. The molecule has 0 radical (unpaired) electrons. The molecular formula is C20H31N5O2S. The first-order valence-corrected chi connectivity index (χ1v) is 10.8. The molecule has 1 fully saturated rings. The molecule has 7 nitrogen and oxygen atoms in total. The maximum Gasteiger partial charge on any atom is 0.184 e. The average molecular weight is 406 g/mol. The van der Waals surface area contributed by atoms with Crippen LogP contribution < -0.4 is 15.4 Å². The van der Waals surface area contributed by atoms with E-state index in [1.165, 1.54) is 49.6 Å². The van der Waals surface area contributed by atoms with E-state index in [1.54, 1.807) is 7.11 Å². The minimum atomic E-state index is 0.641. The van der Waals surface area contributed by atoms with E-state index >= 15 is 0 Å². The van der Waals surface area contributed by atoms with Crippen molar-refractivity contribution in [3.63, 3.8) is 0 Å². The zero-order chi connectivity index (χ0) is 19.4. The molecule has 1 saturated heterocycles. The van der Waals surface area contributed by atoms with Crippen LogP contribution >= 0.6 is 11.7 Å². The van der Waals surface area contributed by atoms with Gasteiger partial charge in [-0.25, -0.2) is 0 Å². The van der Waals surface area contributed by atoms with Gasteiger partial charge in [-0.15, -0.1) is 0 Å². The summed E-state index contributed by atoms with van der Waals surface area (Å²) >= 11 is 1.20. The molecule has 1 aromatic heterocycles. The fraction of sp³-hybridized carbons (Fsp3) is 0.600. The molecule has 0 aliphatic carbocycles. The molecule has 8 heteroatoms. The van der Waals surface area contributed by atoms with Crippen molar-refractivity contribution in [2.24, 2.45) is 0 Å². The lowest BCUT2D eigenvalue weighted by Gasteiger charge is -2.26. The van der Waals surface area contributed by atoms with Crippen LogP contribution in [0.25, 0.3) is 0 Å². The number of piperidine rings is 1. The largest absolute Gasteiger partial charge is 0.494 e. The van der Waals surface area contributed by atoms with Crippen molar-refractivity contribution in [2.75, 3.05) is 57.1 Å². The van der Waals surface area contributed by atoms with Crippen LogP contribution in [0.5, 0.6) is 5.75 Å². The highest BCUT2D eigenvalue weighted by Crippen LogP contribution is 2.19. The van der Waals surface area contributed by atoms with Crippen molar-refractivity contribution >= 4 is 23.4 Å². The van der Waals surface area contributed by atoms with Crippen LogP contribution in [0.15, 0.2) is 24.3 Å². The number of nitrogens with zero attached hydrogens (tertiary/aromatic N) is 3. The van der Waals surface area contributed by atoms with Crippen molar-refractivity contribution in [1.29, 1.82) is 0 Å². The average Bonchev–Trinajstić information content (AvgIpc) is 3.16. The van der Waals surface area contributed by atoms with Gasteiger partial charge in [-0.05, 0) is 50.0 Å². The van der Waals surface area contributed by atoms with Crippen LogP contribution in [-0.4, -0.2) is 60.1 Å². The summed E-state index contributed by atoms with van der Waals surface area (Å²) < 4.78 is 19.5. The fourth-order valence-electron chi connectivity index (χ4n) is 3.27. The van der Waals surface area contributed by atoms with Gasteiger partial charge in [0.25, 0.3) is 0 Å². The van der Waals surface area contributed by atoms with E-state index in [0.717, 1.165) is 36.9 Å². The number of benzene rings is 1. The number of anilines is 2. The smallest absolute Gasteiger partial charge is 0.184 e. The molecule has 2 N–H and O–H groups in total.